The van der Waals surface area contributed by atoms with Crippen molar-refractivity contribution in [3.05, 3.63) is 59.5 Å². The third-order valence-corrected chi connectivity index (χ3v) is 7.10. The quantitative estimate of drug-likeness (QED) is 0.683. The van der Waals surface area contributed by atoms with Crippen molar-refractivity contribution in [1.29, 1.82) is 0 Å². The van der Waals surface area contributed by atoms with Crippen molar-refractivity contribution in [1.82, 2.24) is 19.9 Å². The second kappa shape index (κ2) is 6.69. The third-order valence-electron chi connectivity index (χ3n) is 7.10. The van der Waals surface area contributed by atoms with Gasteiger partial charge in [-0.1, -0.05) is 18.2 Å². The lowest BCUT2D eigenvalue weighted by Gasteiger charge is -2.40. The molecule has 2 unspecified atom stereocenters. The van der Waals surface area contributed by atoms with Crippen molar-refractivity contribution in [3.8, 4) is 0 Å². The van der Waals surface area contributed by atoms with E-state index in [0.717, 1.165) is 31.6 Å². The van der Waals surface area contributed by atoms with Crippen molar-refractivity contribution >= 4 is 11.3 Å². The number of pyridine rings is 1. The van der Waals surface area contributed by atoms with E-state index >= 15 is 0 Å². The highest BCUT2D eigenvalue weighted by Crippen LogP contribution is 2.59. The number of hydrogen-bond donors (Lipinski definition) is 1. The molecule has 1 spiro atoms. The number of para-hydroxylation sites is 1. The zero-order valence-corrected chi connectivity index (χ0v) is 17.1. The monoisotopic (exact) mass is 427 g/mol. The van der Waals surface area contributed by atoms with E-state index in [1.165, 1.54) is 0 Å². The minimum absolute atomic E-state index is 0.0577. The molecule has 6 rings (SSSR count). The highest BCUT2D eigenvalue weighted by molar-refractivity contribution is 5.61. The summed E-state index contributed by atoms with van der Waals surface area (Å²) in [5.74, 6) is 0.955. The number of nitrogens with one attached hydrogen (secondary N) is 1. The molecular weight excluding hydrogens is 403 g/mol. The SMILES string of the molecule is FC(F)(F)c1c(C2CC23CNCCN3c2ccccc2)ccn2c(CC3CC3)nnc12. The average Bonchev–Trinajstić information content (AvgIpc) is 3.67. The van der Waals surface area contributed by atoms with Gasteiger partial charge in [-0.2, -0.15) is 13.2 Å². The highest BCUT2D eigenvalue weighted by atomic mass is 19.4. The van der Waals surface area contributed by atoms with Crippen LogP contribution in [-0.2, 0) is 12.6 Å². The van der Waals surface area contributed by atoms with E-state index in [2.05, 4.69) is 20.4 Å². The first-order valence-electron chi connectivity index (χ1n) is 10.9. The van der Waals surface area contributed by atoms with Crippen LogP contribution in [0.1, 0.15) is 42.1 Å². The molecule has 1 saturated heterocycles. The van der Waals surface area contributed by atoms with Crippen molar-refractivity contribution in [2.75, 3.05) is 24.5 Å². The zero-order chi connectivity index (χ0) is 21.2. The molecule has 3 fully saturated rings. The molecule has 1 aliphatic heterocycles. The van der Waals surface area contributed by atoms with Crippen LogP contribution in [0.3, 0.4) is 0 Å². The molecule has 1 N–H and O–H groups in total. The summed E-state index contributed by atoms with van der Waals surface area (Å²) in [6, 6.07) is 11.7. The van der Waals surface area contributed by atoms with Gasteiger partial charge >= 0.3 is 6.18 Å². The lowest BCUT2D eigenvalue weighted by atomic mass is 9.98. The van der Waals surface area contributed by atoms with E-state index in [0.29, 0.717) is 36.7 Å². The second-order valence-electron chi connectivity index (χ2n) is 9.13. The van der Waals surface area contributed by atoms with E-state index in [1.807, 2.05) is 30.3 Å². The fourth-order valence-corrected chi connectivity index (χ4v) is 5.31. The Morgan fingerprint density at radius 1 is 1.10 bits per heavy atom. The summed E-state index contributed by atoms with van der Waals surface area (Å²) < 4.78 is 44.5. The molecule has 3 heterocycles. The summed E-state index contributed by atoms with van der Waals surface area (Å²) in [7, 11) is 0. The van der Waals surface area contributed by atoms with E-state index in [9.17, 15) is 13.2 Å². The summed E-state index contributed by atoms with van der Waals surface area (Å²) in [4.78, 5) is 2.29. The van der Waals surface area contributed by atoms with E-state index in [-0.39, 0.29) is 17.1 Å². The molecule has 162 valence electrons. The van der Waals surface area contributed by atoms with Gasteiger partial charge in [-0.25, -0.2) is 0 Å². The molecule has 2 saturated carbocycles. The van der Waals surface area contributed by atoms with Crippen LogP contribution < -0.4 is 10.2 Å². The maximum Gasteiger partial charge on any atom is 0.420 e. The number of fused-ring (bicyclic) bond motifs is 1. The molecule has 0 radical (unpaired) electrons. The Bertz CT molecular complexity index is 1120. The van der Waals surface area contributed by atoms with E-state index in [4.69, 9.17) is 0 Å². The van der Waals surface area contributed by atoms with Crippen molar-refractivity contribution in [3.63, 3.8) is 0 Å². The largest absolute Gasteiger partial charge is 0.420 e. The molecule has 1 aromatic carbocycles. The Hall–Kier alpha value is -2.61. The van der Waals surface area contributed by atoms with Crippen LogP contribution >= 0.6 is 0 Å². The lowest BCUT2D eigenvalue weighted by Crippen LogP contribution is -2.54. The van der Waals surface area contributed by atoms with Crippen molar-refractivity contribution < 1.29 is 13.2 Å². The Labute approximate surface area is 178 Å². The lowest BCUT2D eigenvalue weighted by molar-refractivity contribution is -0.137. The number of anilines is 1. The molecule has 8 heteroatoms. The minimum Gasteiger partial charge on any atom is -0.363 e. The number of rotatable bonds is 4. The molecule has 2 aromatic heterocycles. The van der Waals surface area contributed by atoms with Crippen LogP contribution in [0, 0.1) is 5.92 Å². The fourth-order valence-electron chi connectivity index (χ4n) is 5.31. The minimum atomic E-state index is -4.48. The molecule has 0 amide bonds. The predicted octanol–water partition coefficient (Wildman–Crippen LogP) is 4.04. The Morgan fingerprint density at radius 2 is 1.90 bits per heavy atom. The first kappa shape index (κ1) is 19.1. The molecule has 2 aliphatic carbocycles. The number of alkyl halides is 3. The maximum atomic E-state index is 14.3. The summed E-state index contributed by atoms with van der Waals surface area (Å²) in [5, 5.41) is 11.5. The van der Waals surface area contributed by atoms with Gasteiger partial charge in [-0.15, -0.1) is 10.2 Å². The number of hydrogen-bond acceptors (Lipinski definition) is 4. The molecular formula is C23H24F3N5. The summed E-state index contributed by atoms with van der Waals surface area (Å²) in [6.07, 6.45) is 0.879. The number of nitrogens with zero attached hydrogens (tertiary/aromatic N) is 4. The normalized spacial score (nSPS) is 26.0. The van der Waals surface area contributed by atoms with Crippen LogP contribution in [0.25, 0.3) is 5.65 Å². The van der Waals surface area contributed by atoms with Crippen LogP contribution in [0.2, 0.25) is 0 Å². The van der Waals surface area contributed by atoms with Gasteiger partial charge in [0.15, 0.2) is 5.65 Å². The topological polar surface area (TPSA) is 45.5 Å². The first-order valence-corrected chi connectivity index (χ1v) is 10.9. The first-order chi connectivity index (χ1) is 15.0. The summed E-state index contributed by atoms with van der Waals surface area (Å²) in [5.41, 5.74) is 0.391. The molecule has 3 aliphatic rings. The van der Waals surface area contributed by atoms with Gasteiger partial charge in [-0.3, -0.25) is 4.40 Å². The second-order valence-corrected chi connectivity index (χ2v) is 9.13. The van der Waals surface area contributed by atoms with Gasteiger partial charge in [0.05, 0.1) is 5.54 Å². The smallest absolute Gasteiger partial charge is 0.363 e. The molecule has 3 aromatic rings. The molecule has 5 nitrogen and oxygen atoms in total. The predicted molar refractivity (Wildman–Crippen MR) is 111 cm³/mol. The van der Waals surface area contributed by atoms with Crippen LogP contribution in [-0.4, -0.2) is 39.8 Å². The Morgan fingerprint density at radius 3 is 2.65 bits per heavy atom. The van der Waals surface area contributed by atoms with Crippen LogP contribution in [0.15, 0.2) is 42.6 Å². The van der Waals surface area contributed by atoms with E-state index in [1.54, 1.807) is 16.7 Å². The summed E-state index contributed by atoms with van der Waals surface area (Å²) in [6.45, 7) is 2.28. The van der Waals surface area contributed by atoms with Crippen molar-refractivity contribution in [2.24, 2.45) is 5.92 Å². The van der Waals surface area contributed by atoms with Gasteiger partial charge in [0.25, 0.3) is 0 Å². The van der Waals surface area contributed by atoms with Crippen molar-refractivity contribution in [2.45, 2.75) is 43.3 Å². The van der Waals surface area contributed by atoms with Crippen LogP contribution in [0.5, 0.6) is 0 Å². The third kappa shape index (κ3) is 3.11. The highest BCUT2D eigenvalue weighted by Gasteiger charge is 2.61. The Balaban J connectivity index is 1.43. The number of halogens is 3. The molecule has 31 heavy (non-hydrogen) atoms. The summed E-state index contributed by atoms with van der Waals surface area (Å²) >= 11 is 0. The van der Waals surface area contributed by atoms with Gasteiger partial charge in [0, 0.05) is 43.9 Å². The number of aromatic nitrogens is 3. The fraction of sp³-hybridized carbons (Fsp3) is 0.478. The van der Waals surface area contributed by atoms with Gasteiger partial charge in [0.1, 0.15) is 11.4 Å². The standard InChI is InChI=1S/C23H24F3N5/c24-23(25,26)20-17(8-10-30-19(12-15-6-7-15)28-29-21(20)30)18-13-22(18)14-27-9-11-31(22)16-4-2-1-3-5-16/h1-5,8,10,15,18,27H,6-7,9,11-14H2. The van der Waals surface area contributed by atoms with Crippen LogP contribution in [0.4, 0.5) is 18.9 Å². The average molecular weight is 427 g/mol. The Kier molecular flexibility index (Phi) is 4.12. The molecule has 0 bridgehead atoms. The number of benzene rings is 1. The number of piperazine rings is 1. The van der Waals surface area contributed by atoms with Gasteiger partial charge in [0.2, 0.25) is 0 Å². The van der Waals surface area contributed by atoms with Gasteiger partial charge < -0.3 is 10.2 Å². The van der Waals surface area contributed by atoms with Gasteiger partial charge in [-0.05, 0) is 48.9 Å². The molecule has 2 atom stereocenters. The maximum absolute atomic E-state index is 14.3. The zero-order valence-electron chi connectivity index (χ0n) is 17.1. The van der Waals surface area contributed by atoms with E-state index < -0.39 is 11.7 Å².